The highest BCUT2D eigenvalue weighted by Crippen LogP contribution is 2.22. The fraction of sp³-hybridized carbons (Fsp3) is 0.476. The molecule has 0 bridgehead atoms. The predicted octanol–water partition coefficient (Wildman–Crippen LogP) is 2.11. The molecule has 1 aromatic heterocycles. The van der Waals surface area contributed by atoms with Crippen LogP contribution in [0.3, 0.4) is 0 Å². The van der Waals surface area contributed by atoms with Crippen LogP contribution in [0.4, 0.5) is 0 Å². The highest BCUT2D eigenvalue weighted by Gasteiger charge is 2.32. The Morgan fingerprint density at radius 2 is 1.90 bits per heavy atom. The second-order valence-electron chi connectivity index (χ2n) is 7.81. The number of furan rings is 1. The number of ether oxygens (including phenoxy) is 1. The van der Waals surface area contributed by atoms with E-state index in [1.807, 2.05) is 38.9 Å². The first-order chi connectivity index (χ1) is 14.2. The monoisotopic (exact) mass is 435 g/mol. The zero-order chi connectivity index (χ0) is 21.9. The molecular weight excluding hydrogens is 406 g/mol. The Morgan fingerprint density at radius 3 is 2.50 bits per heavy atom. The van der Waals surface area contributed by atoms with Gasteiger partial charge >= 0.3 is 0 Å². The van der Waals surface area contributed by atoms with Crippen molar-refractivity contribution in [3.8, 4) is 0 Å². The van der Waals surface area contributed by atoms with E-state index in [0.717, 1.165) is 5.76 Å². The van der Waals surface area contributed by atoms with Crippen LogP contribution in [0.2, 0.25) is 0 Å². The highest BCUT2D eigenvalue weighted by molar-refractivity contribution is 7.89. The van der Waals surface area contributed by atoms with Gasteiger partial charge in [0.2, 0.25) is 10.0 Å². The summed E-state index contributed by atoms with van der Waals surface area (Å²) in [5.74, 6) is 0.404. The van der Waals surface area contributed by atoms with Crippen LogP contribution in [0.25, 0.3) is 0 Å². The third-order valence-electron chi connectivity index (χ3n) is 5.07. The van der Waals surface area contributed by atoms with Gasteiger partial charge in [-0.2, -0.15) is 4.31 Å². The second-order valence-corrected chi connectivity index (χ2v) is 9.75. The lowest BCUT2D eigenvalue weighted by Gasteiger charge is -2.34. The highest BCUT2D eigenvalue weighted by atomic mass is 32.2. The molecule has 3 rings (SSSR count). The molecule has 2 heterocycles. The molecule has 3 atom stereocenters. The zero-order valence-electron chi connectivity index (χ0n) is 17.7. The largest absolute Gasteiger partial charge is 0.468 e. The average Bonchev–Trinajstić information content (AvgIpc) is 3.21. The van der Waals surface area contributed by atoms with Crippen molar-refractivity contribution >= 4 is 15.9 Å². The lowest BCUT2D eigenvalue weighted by Crippen LogP contribution is -2.48. The van der Waals surface area contributed by atoms with Crippen LogP contribution in [0, 0.1) is 0 Å². The molecule has 0 unspecified atom stereocenters. The smallest absolute Gasteiger partial charge is 0.251 e. The Morgan fingerprint density at radius 1 is 1.20 bits per heavy atom. The van der Waals surface area contributed by atoms with Crippen LogP contribution >= 0.6 is 0 Å². The van der Waals surface area contributed by atoms with Crippen molar-refractivity contribution < 1.29 is 22.4 Å². The van der Waals surface area contributed by atoms with Crippen LogP contribution in [0.1, 0.15) is 36.0 Å². The summed E-state index contributed by atoms with van der Waals surface area (Å²) in [6.45, 7) is 4.60. The lowest BCUT2D eigenvalue weighted by atomic mass is 10.2. The maximum atomic E-state index is 13.1. The van der Waals surface area contributed by atoms with Gasteiger partial charge in [0, 0.05) is 25.2 Å². The standard InChI is InChI=1S/C21H29N3O5S/c1-15-13-24(14-16(2)29-15)30(26,27)18-8-5-7-17(11-18)21(25)22-12-19(23(3)4)20-9-6-10-28-20/h5-11,15-16,19H,12-14H2,1-4H3,(H,22,25)/t15-,16+,19-/m1/s1. The van der Waals surface area contributed by atoms with Gasteiger partial charge in [0.1, 0.15) is 5.76 Å². The van der Waals surface area contributed by atoms with Crippen molar-refractivity contribution in [2.24, 2.45) is 0 Å². The average molecular weight is 436 g/mol. The van der Waals surface area contributed by atoms with Crippen LogP contribution in [0.15, 0.2) is 52.0 Å². The molecule has 0 spiro atoms. The predicted molar refractivity (Wildman–Crippen MR) is 113 cm³/mol. The van der Waals surface area contributed by atoms with Gasteiger partial charge < -0.3 is 14.5 Å². The molecule has 1 aliphatic rings. The molecule has 30 heavy (non-hydrogen) atoms. The van der Waals surface area contributed by atoms with E-state index in [-0.39, 0.29) is 42.1 Å². The van der Waals surface area contributed by atoms with Crippen molar-refractivity contribution in [3.63, 3.8) is 0 Å². The number of hydrogen-bond acceptors (Lipinski definition) is 6. The minimum atomic E-state index is -3.71. The third-order valence-corrected chi connectivity index (χ3v) is 6.90. The Kier molecular flexibility index (Phi) is 6.97. The molecule has 1 saturated heterocycles. The number of sulfonamides is 1. The molecule has 0 radical (unpaired) electrons. The molecule has 1 aromatic carbocycles. The van der Waals surface area contributed by atoms with Gasteiger partial charge in [0.15, 0.2) is 0 Å². The van der Waals surface area contributed by atoms with E-state index in [9.17, 15) is 13.2 Å². The number of benzene rings is 1. The number of carbonyl (C=O) groups excluding carboxylic acids is 1. The summed E-state index contributed by atoms with van der Waals surface area (Å²) < 4.78 is 38.7. The van der Waals surface area contributed by atoms with Gasteiger partial charge in [0.05, 0.1) is 29.4 Å². The second kappa shape index (κ2) is 9.30. The number of amides is 1. The number of rotatable bonds is 7. The summed E-state index contributed by atoms with van der Waals surface area (Å²) in [5.41, 5.74) is 0.294. The van der Waals surface area contributed by atoms with E-state index in [1.54, 1.807) is 24.5 Å². The van der Waals surface area contributed by atoms with E-state index in [4.69, 9.17) is 9.15 Å². The van der Waals surface area contributed by atoms with Crippen molar-refractivity contribution in [2.45, 2.75) is 37.0 Å². The molecule has 0 saturated carbocycles. The molecule has 9 heteroatoms. The lowest BCUT2D eigenvalue weighted by molar-refractivity contribution is -0.0440. The fourth-order valence-electron chi connectivity index (χ4n) is 3.58. The van der Waals surface area contributed by atoms with Gasteiger partial charge in [-0.1, -0.05) is 6.07 Å². The van der Waals surface area contributed by atoms with E-state index in [2.05, 4.69) is 5.32 Å². The molecule has 8 nitrogen and oxygen atoms in total. The van der Waals surface area contributed by atoms with E-state index in [0.29, 0.717) is 12.1 Å². The summed E-state index contributed by atoms with van der Waals surface area (Å²) in [4.78, 5) is 14.8. The molecular formula is C21H29N3O5S. The normalized spacial score (nSPS) is 21.5. The Labute approximate surface area is 177 Å². The number of nitrogens with zero attached hydrogens (tertiary/aromatic N) is 2. The van der Waals surface area contributed by atoms with Gasteiger partial charge in [-0.15, -0.1) is 0 Å². The number of likely N-dealkylation sites (N-methyl/N-ethyl adjacent to an activating group) is 1. The number of hydrogen-bond donors (Lipinski definition) is 1. The van der Waals surface area contributed by atoms with Gasteiger partial charge in [-0.25, -0.2) is 8.42 Å². The van der Waals surface area contributed by atoms with Gasteiger partial charge in [0.25, 0.3) is 5.91 Å². The number of carbonyl (C=O) groups is 1. The summed E-state index contributed by atoms with van der Waals surface area (Å²) in [5, 5.41) is 2.87. The van der Waals surface area contributed by atoms with Crippen LogP contribution in [-0.4, -0.2) is 69.5 Å². The summed E-state index contributed by atoms with van der Waals surface area (Å²) in [7, 11) is 0.0854. The van der Waals surface area contributed by atoms with Crippen molar-refractivity contribution in [1.29, 1.82) is 0 Å². The maximum Gasteiger partial charge on any atom is 0.251 e. The Hall–Kier alpha value is -2.20. The van der Waals surface area contributed by atoms with Crippen LogP contribution < -0.4 is 5.32 Å². The molecule has 1 fully saturated rings. The quantitative estimate of drug-likeness (QED) is 0.716. The summed E-state index contributed by atoms with van der Waals surface area (Å²) in [6.07, 6.45) is 1.23. The van der Waals surface area contributed by atoms with Crippen LogP contribution in [0.5, 0.6) is 0 Å². The first kappa shape index (κ1) is 22.5. The first-order valence-electron chi connectivity index (χ1n) is 9.92. The van der Waals surface area contributed by atoms with E-state index in [1.165, 1.54) is 16.4 Å². The molecule has 1 N–H and O–H groups in total. The van der Waals surface area contributed by atoms with Gasteiger partial charge in [-0.3, -0.25) is 9.69 Å². The van der Waals surface area contributed by atoms with Crippen molar-refractivity contribution in [1.82, 2.24) is 14.5 Å². The molecule has 164 valence electrons. The topological polar surface area (TPSA) is 92.1 Å². The van der Waals surface area contributed by atoms with E-state index < -0.39 is 10.0 Å². The minimum absolute atomic E-state index is 0.103. The summed E-state index contributed by atoms with van der Waals surface area (Å²) >= 11 is 0. The van der Waals surface area contributed by atoms with Gasteiger partial charge in [-0.05, 0) is 58.3 Å². The zero-order valence-corrected chi connectivity index (χ0v) is 18.6. The molecule has 1 amide bonds. The Bertz CT molecular complexity index is 949. The molecule has 0 aliphatic carbocycles. The first-order valence-corrected chi connectivity index (χ1v) is 11.4. The molecule has 1 aliphatic heterocycles. The van der Waals surface area contributed by atoms with Crippen molar-refractivity contribution in [2.75, 3.05) is 33.7 Å². The van der Waals surface area contributed by atoms with E-state index >= 15 is 0 Å². The maximum absolute atomic E-state index is 13.1. The van der Waals surface area contributed by atoms with Crippen LogP contribution in [-0.2, 0) is 14.8 Å². The third kappa shape index (κ3) is 5.10. The SMILES string of the molecule is C[C@@H]1CN(S(=O)(=O)c2cccc(C(=O)NC[C@H](c3ccco3)N(C)C)c2)C[C@H](C)O1. The van der Waals surface area contributed by atoms with Crippen molar-refractivity contribution in [3.05, 3.63) is 54.0 Å². The Balaban J connectivity index is 1.73. The molecule has 2 aromatic rings. The summed E-state index contributed by atoms with van der Waals surface area (Å²) in [6, 6.07) is 9.66. The fourth-order valence-corrected chi connectivity index (χ4v) is 5.22. The minimum Gasteiger partial charge on any atom is -0.468 e. The number of nitrogens with one attached hydrogen (secondary N) is 1. The number of morpholine rings is 1.